The summed E-state index contributed by atoms with van der Waals surface area (Å²) in [6, 6.07) is 15.6. The maximum absolute atomic E-state index is 12.5. The van der Waals surface area contributed by atoms with Crippen molar-refractivity contribution in [1.29, 1.82) is 0 Å². The topological polar surface area (TPSA) is 85.4 Å². The Morgan fingerprint density at radius 3 is 2.79 bits per heavy atom. The van der Waals surface area contributed by atoms with Crippen molar-refractivity contribution in [1.82, 2.24) is 10.2 Å². The van der Waals surface area contributed by atoms with Crippen LogP contribution in [0.15, 0.2) is 48.5 Å². The molecule has 2 aromatic heterocycles. The quantitative estimate of drug-likeness (QED) is 0.509. The van der Waals surface area contributed by atoms with Gasteiger partial charge in [-0.15, -0.1) is 21.5 Å². The number of aromatic nitrogens is 2. The number of fused-ring (bicyclic) bond motifs is 2. The zero-order valence-electron chi connectivity index (χ0n) is 14.5. The van der Waals surface area contributed by atoms with E-state index >= 15 is 0 Å². The fourth-order valence-electron chi connectivity index (χ4n) is 2.83. The first-order valence-corrected chi connectivity index (χ1v) is 10.1. The van der Waals surface area contributed by atoms with E-state index < -0.39 is 0 Å². The molecule has 0 saturated heterocycles. The molecule has 1 aliphatic rings. The van der Waals surface area contributed by atoms with Gasteiger partial charge in [0.05, 0.1) is 4.88 Å². The lowest BCUT2D eigenvalue weighted by atomic mass is 10.2. The molecule has 0 aliphatic carbocycles. The molecule has 9 heteroatoms. The first kappa shape index (κ1) is 17.0. The minimum absolute atomic E-state index is 0.181. The summed E-state index contributed by atoms with van der Waals surface area (Å²) in [6.45, 7) is 0.820. The molecule has 0 saturated carbocycles. The molecule has 0 unspecified atom stereocenters. The van der Waals surface area contributed by atoms with Gasteiger partial charge in [0, 0.05) is 11.2 Å². The van der Waals surface area contributed by atoms with E-state index in [1.165, 1.54) is 22.7 Å². The lowest BCUT2D eigenvalue weighted by molar-refractivity contribution is 0.103. The Labute approximate surface area is 167 Å². The minimum atomic E-state index is -0.181. The number of benzene rings is 2. The molecule has 0 radical (unpaired) electrons. The van der Waals surface area contributed by atoms with Crippen molar-refractivity contribution >= 4 is 48.9 Å². The number of nitrogens with one attached hydrogen (secondary N) is 2. The number of amides is 1. The highest BCUT2D eigenvalue weighted by Gasteiger charge is 2.15. The van der Waals surface area contributed by atoms with E-state index in [-0.39, 0.29) is 12.7 Å². The number of carbonyl (C=O) groups is 1. The van der Waals surface area contributed by atoms with Gasteiger partial charge in [-0.2, -0.15) is 0 Å². The van der Waals surface area contributed by atoms with Crippen molar-refractivity contribution in [2.75, 3.05) is 17.4 Å². The minimum Gasteiger partial charge on any atom is -0.454 e. The largest absolute Gasteiger partial charge is 0.454 e. The summed E-state index contributed by atoms with van der Waals surface area (Å²) >= 11 is 2.75. The van der Waals surface area contributed by atoms with Gasteiger partial charge < -0.3 is 14.8 Å². The van der Waals surface area contributed by atoms with Gasteiger partial charge in [0.15, 0.2) is 11.5 Å². The molecule has 4 aromatic rings. The van der Waals surface area contributed by atoms with Crippen LogP contribution in [-0.4, -0.2) is 22.9 Å². The van der Waals surface area contributed by atoms with Gasteiger partial charge in [-0.3, -0.25) is 10.1 Å². The second kappa shape index (κ2) is 7.10. The van der Waals surface area contributed by atoms with Crippen LogP contribution in [0.2, 0.25) is 0 Å². The van der Waals surface area contributed by atoms with Crippen molar-refractivity contribution in [2.45, 2.75) is 6.54 Å². The maximum Gasteiger partial charge on any atom is 0.267 e. The summed E-state index contributed by atoms with van der Waals surface area (Å²) in [6.07, 6.45) is 0. The van der Waals surface area contributed by atoms with Gasteiger partial charge in [-0.05, 0) is 35.2 Å². The van der Waals surface area contributed by atoms with Crippen LogP contribution in [0.4, 0.5) is 10.3 Å². The van der Waals surface area contributed by atoms with Crippen molar-refractivity contribution < 1.29 is 14.3 Å². The van der Waals surface area contributed by atoms with E-state index in [2.05, 4.69) is 20.8 Å². The zero-order valence-corrected chi connectivity index (χ0v) is 16.1. The van der Waals surface area contributed by atoms with E-state index in [0.717, 1.165) is 27.1 Å². The van der Waals surface area contributed by atoms with Gasteiger partial charge in [-0.25, -0.2) is 0 Å². The normalized spacial score (nSPS) is 12.3. The summed E-state index contributed by atoms with van der Waals surface area (Å²) < 4.78 is 11.8. The molecular weight excluding hydrogens is 396 g/mol. The third-order valence-electron chi connectivity index (χ3n) is 4.18. The number of nitrogens with zero attached hydrogens (tertiary/aromatic N) is 2. The predicted octanol–water partition coefficient (Wildman–Crippen LogP) is 4.35. The third-order valence-corrected chi connectivity index (χ3v) is 6.09. The van der Waals surface area contributed by atoms with Crippen LogP contribution in [-0.2, 0) is 6.54 Å². The van der Waals surface area contributed by atoms with Gasteiger partial charge >= 0.3 is 0 Å². The lowest BCUT2D eigenvalue weighted by Gasteiger charge is -2.03. The van der Waals surface area contributed by atoms with Crippen LogP contribution < -0.4 is 20.1 Å². The number of ether oxygens (including phenoxy) is 2. The molecule has 1 amide bonds. The molecular formula is C19H14N4O3S2. The van der Waals surface area contributed by atoms with E-state index in [9.17, 15) is 4.79 Å². The summed E-state index contributed by atoms with van der Waals surface area (Å²) in [4.78, 5) is 13.1. The number of carbonyl (C=O) groups excluding carboxylic acids is 1. The Balaban J connectivity index is 1.22. The monoisotopic (exact) mass is 410 g/mol. The van der Waals surface area contributed by atoms with E-state index in [1.807, 2.05) is 48.5 Å². The summed E-state index contributed by atoms with van der Waals surface area (Å²) in [5.74, 6) is 1.32. The summed E-state index contributed by atoms with van der Waals surface area (Å²) in [7, 11) is 0. The van der Waals surface area contributed by atoms with Gasteiger partial charge in [0.2, 0.25) is 17.1 Å². The number of hydrogen-bond acceptors (Lipinski definition) is 8. The third kappa shape index (κ3) is 3.37. The highest BCUT2D eigenvalue weighted by atomic mass is 32.1. The molecule has 0 bridgehead atoms. The lowest BCUT2D eigenvalue weighted by Crippen LogP contribution is -2.09. The van der Waals surface area contributed by atoms with Gasteiger partial charge in [-0.1, -0.05) is 35.6 Å². The molecule has 0 spiro atoms. The molecule has 0 atom stereocenters. The van der Waals surface area contributed by atoms with E-state index in [1.54, 1.807) is 0 Å². The van der Waals surface area contributed by atoms with E-state index in [4.69, 9.17) is 9.47 Å². The van der Waals surface area contributed by atoms with Gasteiger partial charge in [0.1, 0.15) is 0 Å². The second-order valence-corrected chi connectivity index (χ2v) is 8.12. The first-order chi connectivity index (χ1) is 13.7. The smallest absolute Gasteiger partial charge is 0.267 e. The number of anilines is 2. The van der Waals surface area contributed by atoms with Gasteiger partial charge in [0.25, 0.3) is 5.91 Å². The van der Waals surface area contributed by atoms with Crippen molar-refractivity contribution in [3.05, 3.63) is 59.0 Å². The molecule has 0 fully saturated rings. The van der Waals surface area contributed by atoms with Crippen LogP contribution in [0.5, 0.6) is 11.5 Å². The predicted molar refractivity (Wildman–Crippen MR) is 110 cm³/mol. The Morgan fingerprint density at radius 1 is 1.00 bits per heavy atom. The number of rotatable bonds is 5. The Kier molecular flexibility index (Phi) is 4.30. The fourth-order valence-corrected chi connectivity index (χ4v) is 4.42. The molecule has 2 aromatic carbocycles. The Bertz CT molecular complexity index is 1140. The standard InChI is InChI=1S/C19H14N4O3S2/c24-17(16-8-12-3-1-2-4-15(12)27-16)21-19-23-22-18(28-19)20-9-11-5-6-13-14(7-11)26-10-25-13/h1-8H,9-10H2,(H,20,22)(H,21,23,24). The molecule has 2 N–H and O–H groups in total. The average Bonchev–Trinajstić information content (AvgIpc) is 3.44. The average molecular weight is 410 g/mol. The SMILES string of the molecule is O=C(Nc1nnc(NCc2ccc3c(c2)OCO3)s1)c1cc2ccccc2s1. The summed E-state index contributed by atoms with van der Waals surface area (Å²) in [5, 5.41) is 16.3. The number of thiophene rings is 1. The Hall–Kier alpha value is -3.17. The Morgan fingerprint density at radius 2 is 1.86 bits per heavy atom. The van der Waals surface area contributed by atoms with Crippen LogP contribution in [0, 0.1) is 0 Å². The summed E-state index contributed by atoms with van der Waals surface area (Å²) in [5.41, 5.74) is 1.04. The van der Waals surface area contributed by atoms with Crippen LogP contribution in [0.25, 0.3) is 10.1 Å². The first-order valence-electron chi connectivity index (χ1n) is 8.50. The molecule has 1 aliphatic heterocycles. The van der Waals surface area contributed by atoms with Crippen LogP contribution in [0.1, 0.15) is 15.2 Å². The zero-order chi connectivity index (χ0) is 18.9. The highest BCUT2D eigenvalue weighted by molar-refractivity contribution is 7.21. The molecule has 5 rings (SSSR count). The van der Waals surface area contributed by atoms with Crippen LogP contribution in [0.3, 0.4) is 0 Å². The maximum atomic E-state index is 12.5. The van der Waals surface area contributed by atoms with Crippen molar-refractivity contribution in [3.63, 3.8) is 0 Å². The highest BCUT2D eigenvalue weighted by Crippen LogP contribution is 2.33. The van der Waals surface area contributed by atoms with Crippen molar-refractivity contribution in [3.8, 4) is 11.5 Å². The molecule has 3 heterocycles. The number of hydrogen-bond donors (Lipinski definition) is 2. The molecule has 140 valence electrons. The molecule has 28 heavy (non-hydrogen) atoms. The fraction of sp³-hybridized carbons (Fsp3) is 0.105. The van der Waals surface area contributed by atoms with Crippen LogP contribution >= 0.6 is 22.7 Å². The second-order valence-electron chi connectivity index (χ2n) is 6.06. The van der Waals surface area contributed by atoms with Crippen molar-refractivity contribution in [2.24, 2.45) is 0 Å². The molecule has 7 nitrogen and oxygen atoms in total. The van der Waals surface area contributed by atoms with E-state index in [0.29, 0.717) is 21.7 Å².